The maximum absolute atomic E-state index is 14.2. The second-order valence-corrected chi connectivity index (χ2v) is 12.9. The Labute approximate surface area is 257 Å². The SMILES string of the molecule is CC[C@H](C)NC(=O)[C@H](Cc1ccccc1)N(Cc1ccc(Cl)c(Cl)c1)C(=O)CN(c1cccc(C(C)=O)c1)S(C)(=O)=O. The first-order valence-electron chi connectivity index (χ1n) is 13.5. The van der Waals surface area contributed by atoms with Crippen LogP contribution in [0.1, 0.15) is 48.7 Å². The maximum atomic E-state index is 14.2. The summed E-state index contributed by atoms with van der Waals surface area (Å²) in [4.78, 5) is 41.2. The minimum atomic E-state index is -3.97. The van der Waals surface area contributed by atoms with Crippen molar-refractivity contribution in [2.45, 2.75) is 52.2 Å². The fourth-order valence-electron chi connectivity index (χ4n) is 4.32. The number of nitrogens with one attached hydrogen (secondary N) is 1. The van der Waals surface area contributed by atoms with Gasteiger partial charge in [-0.15, -0.1) is 0 Å². The molecule has 0 aliphatic carbocycles. The van der Waals surface area contributed by atoms with Crippen LogP contribution in [-0.4, -0.2) is 55.8 Å². The lowest BCUT2D eigenvalue weighted by Gasteiger charge is -2.34. The molecule has 3 aromatic rings. The Bertz CT molecular complexity index is 1530. The number of carbonyl (C=O) groups excluding carboxylic acids is 3. The van der Waals surface area contributed by atoms with Gasteiger partial charge in [0.2, 0.25) is 21.8 Å². The Morgan fingerprint density at radius 1 is 0.905 bits per heavy atom. The van der Waals surface area contributed by atoms with Crippen LogP contribution in [0.4, 0.5) is 5.69 Å². The molecule has 0 spiro atoms. The zero-order valence-corrected chi connectivity index (χ0v) is 26.3. The highest BCUT2D eigenvalue weighted by Crippen LogP contribution is 2.25. The van der Waals surface area contributed by atoms with Gasteiger partial charge in [-0.1, -0.05) is 78.7 Å². The molecule has 3 rings (SSSR count). The lowest BCUT2D eigenvalue weighted by atomic mass is 10.0. The first kappa shape index (κ1) is 33.1. The van der Waals surface area contributed by atoms with Crippen molar-refractivity contribution in [3.05, 3.63) is 99.5 Å². The van der Waals surface area contributed by atoms with Gasteiger partial charge in [0.25, 0.3) is 0 Å². The molecule has 0 unspecified atom stereocenters. The van der Waals surface area contributed by atoms with E-state index < -0.39 is 28.5 Å². The predicted molar refractivity (Wildman–Crippen MR) is 167 cm³/mol. The molecule has 0 aliphatic heterocycles. The van der Waals surface area contributed by atoms with Gasteiger partial charge in [0.1, 0.15) is 12.6 Å². The molecule has 2 amide bonds. The number of carbonyl (C=O) groups is 3. The van der Waals surface area contributed by atoms with E-state index in [0.29, 0.717) is 22.6 Å². The summed E-state index contributed by atoms with van der Waals surface area (Å²) in [6.07, 6.45) is 1.86. The van der Waals surface area contributed by atoms with Crippen molar-refractivity contribution in [3.8, 4) is 0 Å². The first-order valence-corrected chi connectivity index (χ1v) is 16.1. The molecule has 42 heavy (non-hydrogen) atoms. The monoisotopic (exact) mass is 631 g/mol. The highest BCUT2D eigenvalue weighted by molar-refractivity contribution is 7.92. The number of anilines is 1. The van der Waals surface area contributed by atoms with Crippen LogP contribution in [0.25, 0.3) is 0 Å². The van der Waals surface area contributed by atoms with Crippen LogP contribution in [0.5, 0.6) is 0 Å². The topological polar surface area (TPSA) is 104 Å². The van der Waals surface area contributed by atoms with Crippen LogP contribution in [0.3, 0.4) is 0 Å². The van der Waals surface area contributed by atoms with E-state index in [2.05, 4.69) is 5.32 Å². The fraction of sp³-hybridized carbons (Fsp3) is 0.323. The van der Waals surface area contributed by atoms with Gasteiger partial charge in [-0.3, -0.25) is 18.7 Å². The fourth-order valence-corrected chi connectivity index (χ4v) is 5.49. The van der Waals surface area contributed by atoms with Crippen molar-refractivity contribution in [3.63, 3.8) is 0 Å². The summed E-state index contributed by atoms with van der Waals surface area (Å²) in [5.74, 6) is -1.23. The summed E-state index contributed by atoms with van der Waals surface area (Å²) >= 11 is 12.4. The van der Waals surface area contributed by atoms with Crippen molar-refractivity contribution in [1.29, 1.82) is 0 Å². The zero-order chi connectivity index (χ0) is 31.0. The number of benzene rings is 3. The number of Topliss-reactive ketones (excluding diaryl/α,β-unsaturated/α-hetero) is 1. The summed E-state index contributed by atoms with van der Waals surface area (Å²) in [7, 11) is -3.97. The third-order valence-corrected chi connectivity index (χ3v) is 8.71. The van der Waals surface area contributed by atoms with E-state index in [1.54, 1.807) is 30.3 Å². The highest BCUT2D eigenvalue weighted by Gasteiger charge is 2.33. The van der Waals surface area contributed by atoms with Crippen LogP contribution in [-0.2, 0) is 32.6 Å². The van der Waals surface area contributed by atoms with Gasteiger partial charge >= 0.3 is 0 Å². The molecule has 0 radical (unpaired) electrons. The van der Waals surface area contributed by atoms with Gasteiger partial charge in [0, 0.05) is 24.6 Å². The van der Waals surface area contributed by atoms with Gasteiger partial charge in [0.05, 0.1) is 22.0 Å². The molecule has 8 nitrogen and oxygen atoms in total. The van der Waals surface area contributed by atoms with Crippen LogP contribution < -0.4 is 9.62 Å². The van der Waals surface area contributed by atoms with E-state index in [0.717, 1.165) is 16.1 Å². The average Bonchev–Trinajstić information content (AvgIpc) is 2.95. The van der Waals surface area contributed by atoms with E-state index in [4.69, 9.17) is 23.2 Å². The minimum Gasteiger partial charge on any atom is -0.352 e. The van der Waals surface area contributed by atoms with Crippen molar-refractivity contribution in [1.82, 2.24) is 10.2 Å². The second-order valence-electron chi connectivity index (χ2n) is 10.2. The van der Waals surface area contributed by atoms with Gasteiger partial charge in [0.15, 0.2) is 5.78 Å². The molecule has 0 fully saturated rings. The van der Waals surface area contributed by atoms with E-state index in [9.17, 15) is 22.8 Å². The predicted octanol–water partition coefficient (Wildman–Crippen LogP) is 5.52. The number of hydrogen-bond acceptors (Lipinski definition) is 5. The molecule has 224 valence electrons. The average molecular weight is 633 g/mol. The first-order chi connectivity index (χ1) is 19.8. The zero-order valence-electron chi connectivity index (χ0n) is 24.0. The van der Waals surface area contributed by atoms with E-state index in [1.807, 2.05) is 44.2 Å². The van der Waals surface area contributed by atoms with Crippen LogP contribution in [0.2, 0.25) is 10.0 Å². The molecular formula is C31H35Cl2N3O5S. The van der Waals surface area contributed by atoms with E-state index in [1.165, 1.54) is 24.0 Å². The molecule has 11 heteroatoms. The van der Waals surface area contributed by atoms with Crippen LogP contribution >= 0.6 is 23.2 Å². The summed E-state index contributed by atoms with van der Waals surface area (Å²) in [5, 5.41) is 3.59. The highest BCUT2D eigenvalue weighted by atomic mass is 35.5. The Hall–Kier alpha value is -3.40. The summed E-state index contributed by atoms with van der Waals surface area (Å²) in [6.45, 7) is 4.55. The smallest absolute Gasteiger partial charge is 0.244 e. The molecule has 1 N–H and O–H groups in total. The normalized spacial score (nSPS) is 12.7. The molecule has 0 saturated carbocycles. The van der Waals surface area contributed by atoms with Crippen molar-refractivity contribution in [2.24, 2.45) is 0 Å². The third-order valence-electron chi connectivity index (χ3n) is 6.83. The third kappa shape index (κ3) is 9.05. The van der Waals surface area contributed by atoms with Gasteiger partial charge < -0.3 is 10.2 Å². The van der Waals surface area contributed by atoms with Gasteiger partial charge in [-0.2, -0.15) is 0 Å². The van der Waals surface area contributed by atoms with Crippen molar-refractivity contribution < 1.29 is 22.8 Å². The quantitative estimate of drug-likeness (QED) is 0.250. The Kier molecular flexibility index (Phi) is 11.6. The van der Waals surface area contributed by atoms with Crippen LogP contribution in [0.15, 0.2) is 72.8 Å². The standard InChI is InChI=1S/C31H35Cl2N3O5S/c1-5-21(2)34-31(39)29(17-23-10-7-6-8-11-23)35(19-24-14-15-27(32)28(33)16-24)30(38)20-36(42(4,40)41)26-13-9-12-25(18-26)22(3)37/h6-16,18,21,29H,5,17,19-20H2,1-4H3,(H,34,39)/t21-,29-/m0/s1. The van der Waals surface area contributed by atoms with E-state index >= 15 is 0 Å². The number of nitrogens with zero attached hydrogens (tertiary/aromatic N) is 2. The van der Waals surface area contributed by atoms with Gasteiger partial charge in [-0.05, 0) is 55.7 Å². The van der Waals surface area contributed by atoms with Crippen LogP contribution in [0, 0.1) is 0 Å². The molecular weight excluding hydrogens is 597 g/mol. The number of hydrogen-bond donors (Lipinski definition) is 1. The molecule has 3 aromatic carbocycles. The number of amides is 2. The molecule has 0 bridgehead atoms. The van der Waals surface area contributed by atoms with Crippen molar-refractivity contribution >= 4 is 56.5 Å². The maximum Gasteiger partial charge on any atom is 0.244 e. The number of sulfonamides is 1. The van der Waals surface area contributed by atoms with Crippen molar-refractivity contribution in [2.75, 3.05) is 17.1 Å². The number of rotatable bonds is 13. The Balaban J connectivity index is 2.10. The molecule has 0 aliphatic rings. The second kappa shape index (κ2) is 14.7. The number of ketones is 1. The summed E-state index contributed by atoms with van der Waals surface area (Å²) < 4.78 is 26.8. The lowest BCUT2D eigenvalue weighted by molar-refractivity contribution is -0.140. The minimum absolute atomic E-state index is 0.0355. The Morgan fingerprint density at radius 3 is 2.19 bits per heavy atom. The summed E-state index contributed by atoms with van der Waals surface area (Å²) in [6, 6.07) is 19.1. The molecule has 0 saturated heterocycles. The molecule has 2 atom stereocenters. The largest absolute Gasteiger partial charge is 0.352 e. The Morgan fingerprint density at radius 2 is 1.60 bits per heavy atom. The van der Waals surface area contributed by atoms with Gasteiger partial charge in [-0.25, -0.2) is 8.42 Å². The van der Waals surface area contributed by atoms with E-state index in [-0.39, 0.29) is 41.4 Å². The molecule has 0 heterocycles. The number of halogens is 2. The lowest BCUT2D eigenvalue weighted by Crippen LogP contribution is -2.54. The summed E-state index contributed by atoms with van der Waals surface area (Å²) in [5.41, 5.74) is 1.90. The molecule has 0 aromatic heterocycles.